The van der Waals surface area contributed by atoms with Gasteiger partial charge in [0.15, 0.2) is 5.76 Å². The van der Waals surface area contributed by atoms with Crippen LogP contribution in [0, 0.1) is 0 Å². The zero-order chi connectivity index (χ0) is 17.6. The second-order valence-corrected chi connectivity index (χ2v) is 5.11. The number of alkyl carbamates (subject to hydrolysis) is 1. The molecule has 3 amide bonds. The molecule has 1 aromatic heterocycles. The molecule has 0 bridgehead atoms. The molecule has 1 aliphatic rings. The average molecular weight is 345 g/mol. The van der Waals surface area contributed by atoms with Crippen molar-refractivity contribution >= 4 is 17.9 Å². The van der Waals surface area contributed by atoms with Gasteiger partial charge in [-0.25, -0.2) is 4.79 Å². The van der Waals surface area contributed by atoms with E-state index in [4.69, 9.17) is 9.15 Å². The molecule has 3 rings (SSSR count). The van der Waals surface area contributed by atoms with E-state index in [0.717, 1.165) is 0 Å². The maximum absolute atomic E-state index is 11.9. The van der Waals surface area contributed by atoms with Crippen molar-refractivity contribution in [2.24, 2.45) is 0 Å². The molecule has 0 spiro atoms. The third-order valence-electron chi connectivity index (χ3n) is 3.30. The molecule has 2 aromatic rings. The Hall–Kier alpha value is -3.49. The molecule has 1 fully saturated rings. The van der Waals surface area contributed by atoms with Crippen molar-refractivity contribution in [3.8, 4) is 5.75 Å². The number of benzene rings is 1. The average Bonchev–Trinajstić information content (AvgIpc) is 3.27. The molecule has 9 nitrogen and oxygen atoms in total. The summed E-state index contributed by atoms with van der Waals surface area (Å²) >= 11 is 0. The van der Waals surface area contributed by atoms with Gasteiger partial charge in [-0.05, 0) is 24.3 Å². The van der Waals surface area contributed by atoms with E-state index in [-0.39, 0.29) is 19.0 Å². The van der Waals surface area contributed by atoms with Crippen LogP contribution in [0.25, 0.3) is 0 Å². The summed E-state index contributed by atoms with van der Waals surface area (Å²) in [7, 11) is 0. The summed E-state index contributed by atoms with van der Waals surface area (Å²) in [6, 6.07) is 11.4. The van der Waals surface area contributed by atoms with Crippen LogP contribution in [0.15, 0.2) is 46.9 Å². The van der Waals surface area contributed by atoms with Crippen molar-refractivity contribution in [3.63, 3.8) is 0 Å². The van der Waals surface area contributed by atoms with Crippen LogP contribution in [0.2, 0.25) is 0 Å². The third-order valence-corrected chi connectivity index (χ3v) is 3.30. The molecule has 0 aliphatic carbocycles. The van der Waals surface area contributed by atoms with Crippen LogP contribution < -0.4 is 20.9 Å². The van der Waals surface area contributed by atoms with E-state index in [2.05, 4.69) is 20.9 Å². The van der Waals surface area contributed by atoms with Gasteiger partial charge in [0.1, 0.15) is 30.8 Å². The number of hydrogen-bond acceptors (Lipinski definition) is 6. The molecule has 0 saturated carbocycles. The highest BCUT2D eigenvalue weighted by atomic mass is 16.6. The van der Waals surface area contributed by atoms with Crippen molar-refractivity contribution in [1.82, 2.24) is 16.2 Å². The van der Waals surface area contributed by atoms with E-state index < -0.39 is 23.9 Å². The molecule has 3 N–H and O–H groups in total. The van der Waals surface area contributed by atoms with Gasteiger partial charge in [-0.15, -0.1) is 0 Å². The fourth-order valence-corrected chi connectivity index (χ4v) is 2.04. The van der Waals surface area contributed by atoms with Gasteiger partial charge < -0.3 is 19.2 Å². The van der Waals surface area contributed by atoms with E-state index >= 15 is 0 Å². The Balaban J connectivity index is 1.47. The van der Waals surface area contributed by atoms with E-state index in [1.54, 1.807) is 18.2 Å². The van der Waals surface area contributed by atoms with Crippen LogP contribution in [-0.4, -0.2) is 30.6 Å². The van der Waals surface area contributed by atoms with E-state index in [1.165, 1.54) is 6.07 Å². The number of cyclic esters (lactones) is 1. The minimum Gasteiger partial charge on any atom is -0.486 e. The number of carbonyl (C=O) groups is 3. The molecule has 1 saturated heterocycles. The van der Waals surface area contributed by atoms with Crippen molar-refractivity contribution in [1.29, 1.82) is 0 Å². The number of amides is 3. The Morgan fingerprint density at radius 1 is 1.16 bits per heavy atom. The topological polar surface area (TPSA) is 119 Å². The van der Waals surface area contributed by atoms with Crippen molar-refractivity contribution in [2.75, 3.05) is 6.61 Å². The van der Waals surface area contributed by atoms with Crippen LogP contribution in [0.3, 0.4) is 0 Å². The number of furan rings is 1. The highest BCUT2D eigenvalue weighted by Gasteiger charge is 2.29. The molecule has 1 atom stereocenters. The van der Waals surface area contributed by atoms with Gasteiger partial charge >= 0.3 is 12.0 Å². The number of hydrogen-bond donors (Lipinski definition) is 3. The van der Waals surface area contributed by atoms with Crippen molar-refractivity contribution in [3.05, 3.63) is 54.0 Å². The lowest BCUT2D eigenvalue weighted by Gasteiger charge is -2.09. The molecule has 1 aromatic carbocycles. The maximum Gasteiger partial charge on any atom is 0.407 e. The predicted molar refractivity (Wildman–Crippen MR) is 83.4 cm³/mol. The highest BCUT2D eigenvalue weighted by Crippen LogP contribution is 2.13. The monoisotopic (exact) mass is 345 g/mol. The minimum absolute atomic E-state index is 0.0127. The smallest absolute Gasteiger partial charge is 0.407 e. The summed E-state index contributed by atoms with van der Waals surface area (Å²) in [6.07, 6.45) is -0.680. The first kappa shape index (κ1) is 16.4. The fourth-order valence-electron chi connectivity index (χ4n) is 2.04. The van der Waals surface area contributed by atoms with Gasteiger partial charge in [0.2, 0.25) is 0 Å². The first-order valence-corrected chi connectivity index (χ1v) is 7.42. The quantitative estimate of drug-likeness (QED) is 0.687. The van der Waals surface area contributed by atoms with Crippen LogP contribution in [0.5, 0.6) is 5.75 Å². The molecule has 0 radical (unpaired) electrons. The molecule has 25 heavy (non-hydrogen) atoms. The molecule has 2 heterocycles. The molecule has 130 valence electrons. The maximum atomic E-state index is 11.9. The molecule has 9 heteroatoms. The zero-order valence-electron chi connectivity index (χ0n) is 13.0. The number of hydrazine groups is 1. The SMILES string of the molecule is O=C1N[C@@H](C(=O)NNC(=O)c2ccc(COc3ccccc3)o2)CO1. The summed E-state index contributed by atoms with van der Waals surface area (Å²) in [5.41, 5.74) is 4.38. The first-order valence-electron chi connectivity index (χ1n) is 7.42. The Kier molecular flexibility index (Phi) is 4.84. The largest absolute Gasteiger partial charge is 0.486 e. The normalized spacial score (nSPS) is 15.8. The van der Waals surface area contributed by atoms with Crippen molar-refractivity contribution < 1.29 is 28.3 Å². The number of carbonyl (C=O) groups excluding carboxylic acids is 3. The van der Waals surface area contributed by atoms with Crippen LogP contribution in [0.4, 0.5) is 4.79 Å². The van der Waals surface area contributed by atoms with Gasteiger partial charge in [-0.3, -0.25) is 20.4 Å². The van der Waals surface area contributed by atoms with Gasteiger partial charge in [0, 0.05) is 0 Å². The van der Waals surface area contributed by atoms with Gasteiger partial charge in [-0.1, -0.05) is 18.2 Å². The lowest BCUT2D eigenvalue weighted by molar-refractivity contribution is -0.123. The first-order chi connectivity index (χ1) is 12.1. The minimum atomic E-state index is -0.848. The Morgan fingerprint density at radius 3 is 2.68 bits per heavy atom. The fraction of sp³-hybridized carbons (Fsp3) is 0.188. The molecule has 0 unspecified atom stereocenters. The Bertz CT molecular complexity index is 773. The highest BCUT2D eigenvalue weighted by molar-refractivity contribution is 5.94. The summed E-state index contributed by atoms with van der Waals surface area (Å²) in [5, 5.41) is 2.29. The molecule has 1 aliphatic heterocycles. The van der Waals surface area contributed by atoms with E-state index in [9.17, 15) is 14.4 Å². The second-order valence-electron chi connectivity index (χ2n) is 5.11. The summed E-state index contributed by atoms with van der Waals surface area (Å²) in [4.78, 5) is 34.5. The van der Waals surface area contributed by atoms with Gasteiger partial charge in [0.05, 0.1) is 0 Å². The van der Waals surface area contributed by atoms with Crippen LogP contribution >= 0.6 is 0 Å². The number of para-hydroxylation sites is 1. The summed E-state index contributed by atoms with van der Waals surface area (Å²) < 4.78 is 15.5. The Labute approximate surface area is 142 Å². The summed E-state index contributed by atoms with van der Waals surface area (Å²) in [6.45, 7) is 0.0668. The molecular weight excluding hydrogens is 330 g/mol. The summed E-state index contributed by atoms with van der Waals surface area (Å²) in [5.74, 6) is -0.0867. The van der Waals surface area contributed by atoms with Crippen LogP contribution in [-0.2, 0) is 16.1 Å². The van der Waals surface area contributed by atoms with Crippen LogP contribution in [0.1, 0.15) is 16.3 Å². The number of nitrogens with one attached hydrogen (secondary N) is 3. The third kappa shape index (κ3) is 4.28. The van der Waals surface area contributed by atoms with E-state index in [1.807, 2.05) is 18.2 Å². The second kappa shape index (κ2) is 7.39. The standard InChI is InChI=1S/C16H15N3O6/c20-14(12-9-24-16(22)17-12)18-19-15(21)13-7-6-11(25-13)8-23-10-4-2-1-3-5-10/h1-7,12H,8-9H2,(H,17,22)(H,18,20)(H,19,21)/t12-/m1/s1. The predicted octanol–water partition coefficient (Wildman–Crippen LogP) is 0.728. The van der Waals surface area contributed by atoms with E-state index in [0.29, 0.717) is 11.5 Å². The van der Waals surface area contributed by atoms with Gasteiger partial charge in [0.25, 0.3) is 5.91 Å². The van der Waals surface area contributed by atoms with Gasteiger partial charge in [-0.2, -0.15) is 0 Å². The number of ether oxygens (including phenoxy) is 2. The zero-order valence-corrected chi connectivity index (χ0v) is 13.0. The lowest BCUT2D eigenvalue weighted by Crippen LogP contribution is -2.50. The number of rotatable bonds is 5. The lowest BCUT2D eigenvalue weighted by atomic mass is 10.3. The van der Waals surface area contributed by atoms with Crippen molar-refractivity contribution in [2.45, 2.75) is 12.6 Å². The Morgan fingerprint density at radius 2 is 1.96 bits per heavy atom. The molecular formula is C16H15N3O6.